The average Bonchev–Trinajstić information content (AvgIpc) is 2.81. The zero-order valence-electron chi connectivity index (χ0n) is 14.8. The van der Waals surface area contributed by atoms with Crippen molar-refractivity contribution in [2.24, 2.45) is 0 Å². The Hall–Kier alpha value is -3.13. The molecule has 1 aromatic carbocycles. The molecule has 2 aliphatic heterocycles. The molecule has 0 bridgehead atoms. The van der Waals surface area contributed by atoms with Crippen LogP contribution in [0.1, 0.15) is 15.9 Å². The zero-order chi connectivity index (χ0) is 18.8. The highest BCUT2D eigenvalue weighted by Crippen LogP contribution is 2.33. The van der Waals surface area contributed by atoms with Crippen LogP contribution in [0, 0.1) is 0 Å². The zero-order valence-corrected chi connectivity index (χ0v) is 14.8. The third-order valence-electron chi connectivity index (χ3n) is 4.56. The van der Waals surface area contributed by atoms with Gasteiger partial charge in [0.25, 0.3) is 17.7 Å². The van der Waals surface area contributed by atoms with Gasteiger partial charge in [-0.2, -0.15) is 4.98 Å². The maximum atomic E-state index is 12.9. The molecule has 2 aliphatic rings. The quantitative estimate of drug-likeness (QED) is 0.878. The molecule has 0 radical (unpaired) electrons. The first kappa shape index (κ1) is 17.3. The Balaban J connectivity index is 1.66. The van der Waals surface area contributed by atoms with Crippen molar-refractivity contribution in [3.63, 3.8) is 0 Å². The van der Waals surface area contributed by atoms with E-state index >= 15 is 0 Å². The maximum absolute atomic E-state index is 12.9. The number of carbonyl (C=O) groups is 2. The minimum atomic E-state index is -0.667. The Kier molecular flexibility index (Phi) is 4.64. The van der Waals surface area contributed by atoms with E-state index in [9.17, 15) is 9.59 Å². The molecule has 0 aliphatic carbocycles. The van der Waals surface area contributed by atoms with E-state index in [2.05, 4.69) is 10.3 Å². The van der Waals surface area contributed by atoms with Crippen LogP contribution in [0.4, 0.5) is 5.82 Å². The molecule has 140 valence electrons. The highest BCUT2D eigenvalue weighted by atomic mass is 16.5. The number of ether oxygens (including phenoxy) is 3. The number of anilines is 1. The molecule has 1 N–H and O–H groups in total. The van der Waals surface area contributed by atoms with Gasteiger partial charge in [0.2, 0.25) is 0 Å². The lowest BCUT2D eigenvalue weighted by molar-refractivity contribution is -0.125. The smallest absolute Gasteiger partial charge is 0.259 e. The molecule has 0 unspecified atom stereocenters. The first-order chi connectivity index (χ1) is 13.2. The van der Waals surface area contributed by atoms with Crippen LogP contribution in [0.15, 0.2) is 36.4 Å². The van der Waals surface area contributed by atoms with Gasteiger partial charge in [0.1, 0.15) is 18.5 Å². The van der Waals surface area contributed by atoms with Gasteiger partial charge in [-0.3, -0.25) is 9.59 Å². The number of nitrogens with zero attached hydrogens (tertiary/aromatic N) is 2. The molecule has 4 rings (SSSR count). The Morgan fingerprint density at radius 3 is 2.89 bits per heavy atom. The number of morpholine rings is 1. The molecule has 2 aromatic rings. The van der Waals surface area contributed by atoms with Crippen LogP contribution in [0.3, 0.4) is 0 Å². The van der Waals surface area contributed by atoms with E-state index in [-0.39, 0.29) is 42.3 Å². The summed E-state index contributed by atoms with van der Waals surface area (Å²) < 4.78 is 16.5. The van der Waals surface area contributed by atoms with Crippen molar-refractivity contribution in [3.05, 3.63) is 47.5 Å². The third kappa shape index (κ3) is 3.31. The fourth-order valence-corrected chi connectivity index (χ4v) is 3.13. The Morgan fingerprint density at radius 1 is 1.30 bits per heavy atom. The summed E-state index contributed by atoms with van der Waals surface area (Å²) >= 11 is 0. The van der Waals surface area contributed by atoms with Crippen molar-refractivity contribution in [2.75, 3.05) is 32.2 Å². The molecule has 0 spiro atoms. The lowest BCUT2D eigenvalue weighted by Crippen LogP contribution is -2.52. The van der Waals surface area contributed by atoms with E-state index in [0.717, 1.165) is 5.56 Å². The standard InChI is InChI=1S/C19H19N3O5/c1-25-15-9-13-16(21-18(15)27-10-12-5-3-2-4-6-12)20-17(23)14-11-26-8-7-22(14)19(13)24/h2-6,9,14H,7-8,10-11H2,1H3,(H,20,21,23)/t14-/m0/s1. The number of methoxy groups -OCH3 is 1. The van der Waals surface area contributed by atoms with Crippen LogP contribution in [0.2, 0.25) is 0 Å². The van der Waals surface area contributed by atoms with Gasteiger partial charge < -0.3 is 24.4 Å². The van der Waals surface area contributed by atoms with Crippen LogP contribution in [-0.4, -0.2) is 54.6 Å². The normalized spacial score (nSPS) is 18.9. The monoisotopic (exact) mass is 369 g/mol. The molecule has 1 aromatic heterocycles. The summed E-state index contributed by atoms with van der Waals surface area (Å²) in [6.07, 6.45) is 0. The number of hydrogen-bond acceptors (Lipinski definition) is 6. The summed E-state index contributed by atoms with van der Waals surface area (Å²) in [5.74, 6) is 0.108. The summed E-state index contributed by atoms with van der Waals surface area (Å²) in [5.41, 5.74) is 1.24. The Bertz CT molecular complexity index is 871. The van der Waals surface area contributed by atoms with Crippen molar-refractivity contribution >= 4 is 17.6 Å². The molecular formula is C19H19N3O5. The number of pyridine rings is 1. The van der Waals surface area contributed by atoms with Crippen LogP contribution < -0.4 is 14.8 Å². The van der Waals surface area contributed by atoms with Crippen molar-refractivity contribution in [1.82, 2.24) is 9.88 Å². The number of amides is 2. The fourth-order valence-electron chi connectivity index (χ4n) is 3.13. The second-order valence-electron chi connectivity index (χ2n) is 6.24. The number of aromatic nitrogens is 1. The van der Waals surface area contributed by atoms with Gasteiger partial charge in [-0.15, -0.1) is 0 Å². The van der Waals surface area contributed by atoms with Crippen LogP contribution in [0.5, 0.6) is 11.6 Å². The predicted octanol–water partition coefficient (Wildman–Crippen LogP) is 1.46. The number of fused-ring (bicyclic) bond motifs is 2. The minimum absolute atomic E-state index is 0.167. The third-order valence-corrected chi connectivity index (χ3v) is 4.56. The van der Waals surface area contributed by atoms with Crippen molar-refractivity contribution < 1.29 is 23.8 Å². The van der Waals surface area contributed by atoms with Gasteiger partial charge in [-0.05, 0) is 5.56 Å². The molecule has 3 heterocycles. The number of carbonyl (C=O) groups excluding carboxylic acids is 2. The number of rotatable bonds is 4. The molecule has 27 heavy (non-hydrogen) atoms. The summed E-state index contributed by atoms with van der Waals surface area (Å²) in [5, 5.41) is 2.71. The lowest BCUT2D eigenvalue weighted by atomic mass is 10.2. The van der Waals surface area contributed by atoms with E-state index < -0.39 is 6.04 Å². The molecule has 2 amide bonds. The van der Waals surface area contributed by atoms with Crippen LogP contribution >= 0.6 is 0 Å². The van der Waals surface area contributed by atoms with Gasteiger partial charge in [-0.25, -0.2) is 0 Å². The first-order valence-electron chi connectivity index (χ1n) is 8.62. The average molecular weight is 369 g/mol. The number of benzene rings is 1. The molecule has 1 fully saturated rings. The first-order valence-corrected chi connectivity index (χ1v) is 8.62. The van der Waals surface area contributed by atoms with Crippen molar-refractivity contribution in [3.8, 4) is 11.6 Å². The summed E-state index contributed by atoms with van der Waals surface area (Å²) in [7, 11) is 1.48. The van der Waals surface area contributed by atoms with Crippen LogP contribution in [-0.2, 0) is 16.1 Å². The van der Waals surface area contributed by atoms with E-state index in [4.69, 9.17) is 14.2 Å². The fraction of sp³-hybridized carbons (Fsp3) is 0.316. The van der Waals surface area contributed by atoms with E-state index in [1.54, 1.807) is 6.07 Å². The van der Waals surface area contributed by atoms with Gasteiger partial charge in [0, 0.05) is 12.6 Å². The predicted molar refractivity (Wildman–Crippen MR) is 95.8 cm³/mol. The number of nitrogens with one attached hydrogen (secondary N) is 1. The SMILES string of the molecule is COc1cc2c(nc1OCc1ccccc1)NC(=O)[C@@H]1COCCN1C2=O. The summed E-state index contributed by atoms with van der Waals surface area (Å²) in [6, 6.07) is 10.5. The van der Waals surface area contributed by atoms with Gasteiger partial charge in [0.15, 0.2) is 5.75 Å². The summed E-state index contributed by atoms with van der Waals surface area (Å²) in [6.45, 7) is 1.20. The summed E-state index contributed by atoms with van der Waals surface area (Å²) in [4.78, 5) is 31.3. The number of hydrogen-bond donors (Lipinski definition) is 1. The second-order valence-corrected chi connectivity index (χ2v) is 6.24. The molecule has 8 heteroatoms. The molecular weight excluding hydrogens is 350 g/mol. The van der Waals surface area contributed by atoms with Crippen molar-refractivity contribution in [1.29, 1.82) is 0 Å². The molecule has 8 nitrogen and oxygen atoms in total. The van der Waals surface area contributed by atoms with Gasteiger partial charge in [-0.1, -0.05) is 30.3 Å². The highest BCUT2D eigenvalue weighted by molar-refractivity contribution is 6.09. The van der Waals surface area contributed by atoms with E-state index in [1.165, 1.54) is 12.0 Å². The highest BCUT2D eigenvalue weighted by Gasteiger charge is 2.38. The second kappa shape index (κ2) is 7.24. The van der Waals surface area contributed by atoms with E-state index in [0.29, 0.717) is 18.9 Å². The van der Waals surface area contributed by atoms with E-state index in [1.807, 2.05) is 30.3 Å². The van der Waals surface area contributed by atoms with Crippen molar-refractivity contribution in [2.45, 2.75) is 12.6 Å². The maximum Gasteiger partial charge on any atom is 0.259 e. The minimum Gasteiger partial charge on any atom is -0.491 e. The Labute approximate surface area is 156 Å². The van der Waals surface area contributed by atoms with Crippen LogP contribution in [0.25, 0.3) is 0 Å². The lowest BCUT2D eigenvalue weighted by Gasteiger charge is -2.32. The van der Waals surface area contributed by atoms with Gasteiger partial charge in [0.05, 0.1) is 25.9 Å². The Morgan fingerprint density at radius 2 is 2.11 bits per heavy atom. The molecule has 0 saturated carbocycles. The largest absolute Gasteiger partial charge is 0.491 e. The van der Waals surface area contributed by atoms with Gasteiger partial charge >= 0.3 is 0 Å². The molecule has 1 atom stereocenters. The topological polar surface area (TPSA) is 90.0 Å². The molecule has 1 saturated heterocycles.